The molecule has 29 heavy (non-hydrogen) atoms. The lowest BCUT2D eigenvalue weighted by molar-refractivity contribution is 0.731. The van der Waals surface area contributed by atoms with Crippen molar-refractivity contribution in [1.29, 1.82) is 0 Å². The second kappa shape index (κ2) is 8.76. The van der Waals surface area contributed by atoms with Crippen molar-refractivity contribution < 1.29 is 0 Å². The average molecular weight is 419 g/mol. The third kappa shape index (κ3) is 4.49. The first-order chi connectivity index (χ1) is 14.1. The summed E-state index contributed by atoms with van der Waals surface area (Å²) in [4.78, 5) is 4.80. The fourth-order valence-corrected chi connectivity index (χ4v) is 4.80. The second-order valence-corrected chi connectivity index (χ2v) is 8.67. The molecular formula is C23H22N4S2. The Kier molecular flexibility index (Phi) is 5.92. The van der Waals surface area contributed by atoms with E-state index in [0.717, 1.165) is 38.6 Å². The lowest BCUT2D eigenvalue weighted by Crippen LogP contribution is -2.01. The Bertz CT molecular complexity index is 1130. The van der Waals surface area contributed by atoms with Crippen LogP contribution in [0.1, 0.15) is 16.8 Å². The number of aromatic nitrogens is 4. The first kappa shape index (κ1) is 19.6. The van der Waals surface area contributed by atoms with E-state index in [1.165, 1.54) is 11.1 Å². The van der Waals surface area contributed by atoms with Crippen molar-refractivity contribution in [2.24, 2.45) is 0 Å². The van der Waals surface area contributed by atoms with Crippen LogP contribution in [0, 0.1) is 13.8 Å². The molecule has 0 spiro atoms. The van der Waals surface area contributed by atoms with Gasteiger partial charge in [0.25, 0.3) is 0 Å². The molecule has 0 radical (unpaired) electrons. The van der Waals surface area contributed by atoms with Crippen molar-refractivity contribution in [1.82, 2.24) is 19.7 Å². The second-order valence-electron chi connectivity index (χ2n) is 6.87. The molecule has 2 aromatic carbocycles. The predicted molar refractivity (Wildman–Crippen MR) is 122 cm³/mol. The minimum absolute atomic E-state index is 0.671. The SMILES string of the molecule is C=CCn1c(SCc2csc(-c3ccc(C)cc3)n2)nnc1-c1cccc(C)c1. The van der Waals surface area contributed by atoms with Gasteiger partial charge in [-0.3, -0.25) is 4.57 Å². The van der Waals surface area contributed by atoms with Crippen LogP contribution in [0.3, 0.4) is 0 Å². The summed E-state index contributed by atoms with van der Waals surface area (Å²) in [5, 5.41) is 12.9. The summed E-state index contributed by atoms with van der Waals surface area (Å²) in [5.41, 5.74) is 5.75. The van der Waals surface area contributed by atoms with Gasteiger partial charge in [-0.25, -0.2) is 4.98 Å². The van der Waals surface area contributed by atoms with Gasteiger partial charge in [0.2, 0.25) is 0 Å². The van der Waals surface area contributed by atoms with Gasteiger partial charge in [0.05, 0.1) is 5.69 Å². The molecule has 4 aromatic rings. The van der Waals surface area contributed by atoms with E-state index in [0.29, 0.717) is 6.54 Å². The quantitative estimate of drug-likeness (QED) is 0.266. The van der Waals surface area contributed by atoms with Crippen LogP contribution in [0.2, 0.25) is 0 Å². The highest BCUT2D eigenvalue weighted by atomic mass is 32.2. The zero-order valence-corrected chi connectivity index (χ0v) is 18.1. The van der Waals surface area contributed by atoms with E-state index in [9.17, 15) is 0 Å². The number of rotatable bonds is 7. The topological polar surface area (TPSA) is 43.6 Å². The van der Waals surface area contributed by atoms with Crippen molar-refractivity contribution in [2.75, 3.05) is 0 Å². The molecule has 2 heterocycles. The van der Waals surface area contributed by atoms with Gasteiger partial charge in [-0.1, -0.05) is 71.4 Å². The number of hydrogen-bond donors (Lipinski definition) is 0. The van der Waals surface area contributed by atoms with Gasteiger partial charge in [-0.05, 0) is 19.9 Å². The number of benzene rings is 2. The summed E-state index contributed by atoms with van der Waals surface area (Å²) in [6.07, 6.45) is 1.88. The van der Waals surface area contributed by atoms with Crippen LogP contribution in [0.4, 0.5) is 0 Å². The van der Waals surface area contributed by atoms with Crippen LogP contribution < -0.4 is 0 Å². The summed E-state index contributed by atoms with van der Waals surface area (Å²) in [5.74, 6) is 1.63. The maximum Gasteiger partial charge on any atom is 0.192 e. The molecule has 4 rings (SSSR count). The standard InChI is InChI=1S/C23H22N4S2/c1-4-12-27-21(19-7-5-6-17(3)13-19)25-26-23(27)29-15-20-14-28-22(24-20)18-10-8-16(2)9-11-18/h4-11,13-14H,1,12,15H2,2-3H3. The van der Waals surface area contributed by atoms with Crippen molar-refractivity contribution >= 4 is 23.1 Å². The third-order valence-electron chi connectivity index (χ3n) is 4.50. The Morgan fingerprint density at radius 1 is 1.03 bits per heavy atom. The molecule has 0 unspecified atom stereocenters. The van der Waals surface area contributed by atoms with Crippen LogP contribution in [0.15, 0.2) is 71.7 Å². The van der Waals surface area contributed by atoms with Gasteiger partial charge >= 0.3 is 0 Å². The molecule has 0 aliphatic rings. The maximum absolute atomic E-state index is 4.80. The van der Waals surface area contributed by atoms with Crippen molar-refractivity contribution in [2.45, 2.75) is 31.3 Å². The largest absolute Gasteiger partial charge is 0.298 e. The van der Waals surface area contributed by atoms with E-state index in [4.69, 9.17) is 4.98 Å². The number of thiazole rings is 1. The molecule has 0 amide bonds. The van der Waals surface area contributed by atoms with E-state index in [-0.39, 0.29) is 0 Å². The Morgan fingerprint density at radius 3 is 2.62 bits per heavy atom. The van der Waals surface area contributed by atoms with Gasteiger partial charge in [-0.15, -0.1) is 28.1 Å². The van der Waals surface area contributed by atoms with Crippen molar-refractivity contribution in [3.05, 3.63) is 83.4 Å². The van der Waals surface area contributed by atoms with Crippen LogP contribution in [-0.2, 0) is 12.3 Å². The van der Waals surface area contributed by atoms with Gasteiger partial charge in [0.15, 0.2) is 11.0 Å². The summed E-state index contributed by atoms with van der Waals surface area (Å²) < 4.78 is 2.11. The monoisotopic (exact) mass is 418 g/mol. The summed E-state index contributed by atoms with van der Waals surface area (Å²) >= 11 is 3.33. The molecule has 0 N–H and O–H groups in total. The number of thioether (sulfide) groups is 1. The van der Waals surface area contributed by atoms with E-state index < -0.39 is 0 Å². The Labute approximate surface area is 179 Å². The Morgan fingerprint density at radius 2 is 1.86 bits per heavy atom. The Balaban J connectivity index is 1.53. The van der Waals surface area contributed by atoms with E-state index in [1.807, 2.05) is 12.1 Å². The van der Waals surface area contributed by atoms with Gasteiger partial charge in [0.1, 0.15) is 5.01 Å². The van der Waals surface area contributed by atoms with Gasteiger partial charge < -0.3 is 0 Å². The number of aryl methyl sites for hydroxylation is 2. The summed E-state index contributed by atoms with van der Waals surface area (Å²) in [6.45, 7) is 8.74. The normalized spacial score (nSPS) is 11.0. The highest BCUT2D eigenvalue weighted by molar-refractivity contribution is 7.98. The lowest BCUT2D eigenvalue weighted by atomic mass is 10.1. The van der Waals surface area contributed by atoms with E-state index >= 15 is 0 Å². The van der Waals surface area contributed by atoms with Gasteiger partial charge in [-0.2, -0.15) is 0 Å². The van der Waals surface area contributed by atoms with Crippen molar-refractivity contribution in [3.63, 3.8) is 0 Å². The molecule has 0 bridgehead atoms. The maximum atomic E-state index is 4.80. The van der Waals surface area contributed by atoms with Crippen molar-refractivity contribution in [3.8, 4) is 22.0 Å². The highest BCUT2D eigenvalue weighted by Gasteiger charge is 2.14. The molecule has 2 aromatic heterocycles. The zero-order valence-electron chi connectivity index (χ0n) is 16.5. The molecule has 0 saturated carbocycles. The number of nitrogens with zero attached hydrogens (tertiary/aromatic N) is 4. The zero-order chi connectivity index (χ0) is 20.2. The fourth-order valence-electron chi connectivity index (χ4n) is 3.03. The lowest BCUT2D eigenvalue weighted by Gasteiger charge is -2.07. The molecule has 0 aliphatic heterocycles. The molecular weight excluding hydrogens is 396 g/mol. The van der Waals surface area contributed by atoms with E-state index in [1.54, 1.807) is 23.1 Å². The van der Waals surface area contributed by atoms with Crippen LogP contribution in [0.25, 0.3) is 22.0 Å². The number of allylic oxidation sites excluding steroid dienone is 1. The van der Waals surface area contributed by atoms with Crippen LogP contribution in [0.5, 0.6) is 0 Å². The predicted octanol–water partition coefficient (Wildman–Crippen LogP) is 6.16. The Hall–Kier alpha value is -2.70. The fraction of sp³-hybridized carbons (Fsp3) is 0.174. The van der Waals surface area contributed by atoms with Crippen LogP contribution >= 0.6 is 23.1 Å². The summed E-state index contributed by atoms with van der Waals surface area (Å²) in [7, 11) is 0. The number of hydrogen-bond acceptors (Lipinski definition) is 5. The molecule has 0 fully saturated rings. The average Bonchev–Trinajstić information content (AvgIpc) is 3.35. The first-order valence-electron chi connectivity index (χ1n) is 9.39. The third-order valence-corrected chi connectivity index (χ3v) is 6.44. The van der Waals surface area contributed by atoms with E-state index in [2.05, 4.69) is 83.0 Å². The minimum Gasteiger partial charge on any atom is -0.298 e. The molecule has 0 aliphatic carbocycles. The molecule has 0 saturated heterocycles. The molecule has 4 nitrogen and oxygen atoms in total. The first-order valence-corrected chi connectivity index (χ1v) is 11.3. The van der Waals surface area contributed by atoms with Gasteiger partial charge in [0, 0.05) is 28.8 Å². The molecule has 146 valence electrons. The highest BCUT2D eigenvalue weighted by Crippen LogP contribution is 2.29. The minimum atomic E-state index is 0.671. The smallest absolute Gasteiger partial charge is 0.192 e. The molecule has 6 heteroatoms. The summed E-state index contributed by atoms with van der Waals surface area (Å²) in [6, 6.07) is 16.8. The molecule has 0 atom stereocenters. The van der Waals surface area contributed by atoms with Crippen LogP contribution in [-0.4, -0.2) is 19.7 Å².